The van der Waals surface area contributed by atoms with Crippen LogP contribution >= 0.6 is 0 Å². The van der Waals surface area contributed by atoms with E-state index in [9.17, 15) is 0 Å². The minimum Gasteiger partial charge on any atom is -0.307 e. The van der Waals surface area contributed by atoms with E-state index in [2.05, 4.69) is 49.6 Å². The van der Waals surface area contributed by atoms with Crippen molar-refractivity contribution in [3.8, 4) is 0 Å². The summed E-state index contributed by atoms with van der Waals surface area (Å²) in [5.41, 5.74) is 0. The summed E-state index contributed by atoms with van der Waals surface area (Å²) in [6, 6.07) is 0. The first-order valence-electron chi connectivity index (χ1n) is 7.23. The zero-order valence-electron chi connectivity index (χ0n) is 12.7. The Kier molecular flexibility index (Phi) is 10.9. The van der Waals surface area contributed by atoms with Gasteiger partial charge in [0.15, 0.2) is 0 Å². The standard InChI is InChI=1S/C14H33N3/c1-6-15(4)11-9-12-16(5)13-10-14-17(7-2)8-3/h6-14H2,1-5H3. The second-order valence-corrected chi connectivity index (χ2v) is 4.93. The number of hydrogen-bond acceptors (Lipinski definition) is 3. The monoisotopic (exact) mass is 243 g/mol. The number of rotatable bonds is 11. The fourth-order valence-electron chi connectivity index (χ4n) is 1.98. The Balaban J connectivity index is 3.43. The molecule has 0 amide bonds. The highest BCUT2D eigenvalue weighted by Crippen LogP contribution is 1.95. The van der Waals surface area contributed by atoms with Crippen LogP contribution in [0.1, 0.15) is 33.6 Å². The van der Waals surface area contributed by atoms with Crippen LogP contribution in [0.15, 0.2) is 0 Å². The van der Waals surface area contributed by atoms with Crippen molar-refractivity contribution in [1.82, 2.24) is 14.7 Å². The Bertz CT molecular complexity index is 158. The first kappa shape index (κ1) is 16.9. The van der Waals surface area contributed by atoms with Crippen LogP contribution in [-0.2, 0) is 0 Å². The van der Waals surface area contributed by atoms with Gasteiger partial charge < -0.3 is 14.7 Å². The summed E-state index contributed by atoms with van der Waals surface area (Å²) in [4.78, 5) is 7.34. The molecule has 0 saturated heterocycles. The highest BCUT2D eigenvalue weighted by atomic mass is 15.1. The molecule has 3 nitrogen and oxygen atoms in total. The average Bonchev–Trinajstić information content (AvgIpc) is 2.34. The summed E-state index contributed by atoms with van der Waals surface area (Å²) in [6.07, 6.45) is 2.58. The Morgan fingerprint density at radius 3 is 1.53 bits per heavy atom. The van der Waals surface area contributed by atoms with Crippen molar-refractivity contribution in [2.75, 3.05) is 59.9 Å². The van der Waals surface area contributed by atoms with E-state index in [1.807, 2.05) is 0 Å². The van der Waals surface area contributed by atoms with Crippen LogP contribution in [0.3, 0.4) is 0 Å². The second kappa shape index (κ2) is 11.0. The van der Waals surface area contributed by atoms with Crippen LogP contribution in [0.25, 0.3) is 0 Å². The van der Waals surface area contributed by atoms with Crippen LogP contribution in [0, 0.1) is 0 Å². The topological polar surface area (TPSA) is 9.72 Å². The minimum absolute atomic E-state index is 1.16. The molecule has 0 saturated carbocycles. The van der Waals surface area contributed by atoms with Gasteiger partial charge in [-0.3, -0.25) is 0 Å². The van der Waals surface area contributed by atoms with Crippen LogP contribution in [0.4, 0.5) is 0 Å². The molecule has 0 radical (unpaired) electrons. The lowest BCUT2D eigenvalue weighted by atomic mass is 10.3. The van der Waals surface area contributed by atoms with Gasteiger partial charge in [-0.15, -0.1) is 0 Å². The molecular formula is C14H33N3. The largest absolute Gasteiger partial charge is 0.307 e. The molecule has 104 valence electrons. The van der Waals surface area contributed by atoms with E-state index >= 15 is 0 Å². The van der Waals surface area contributed by atoms with E-state index in [1.165, 1.54) is 52.1 Å². The van der Waals surface area contributed by atoms with Crippen molar-refractivity contribution in [3.63, 3.8) is 0 Å². The Hall–Kier alpha value is -0.120. The lowest BCUT2D eigenvalue weighted by Crippen LogP contribution is -2.30. The van der Waals surface area contributed by atoms with Gasteiger partial charge in [-0.1, -0.05) is 20.8 Å². The van der Waals surface area contributed by atoms with Crippen molar-refractivity contribution >= 4 is 0 Å². The zero-order valence-corrected chi connectivity index (χ0v) is 12.7. The van der Waals surface area contributed by atoms with Crippen LogP contribution in [0.2, 0.25) is 0 Å². The lowest BCUT2D eigenvalue weighted by Gasteiger charge is -2.22. The molecule has 0 aliphatic carbocycles. The maximum atomic E-state index is 2.50. The predicted octanol–water partition coefficient (Wildman–Crippen LogP) is 1.99. The summed E-state index contributed by atoms with van der Waals surface area (Å²) < 4.78 is 0. The summed E-state index contributed by atoms with van der Waals surface area (Å²) in [7, 11) is 4.44. The van der Waals surface area contributed by atoms with Crippen LogP contribution < -0.4 is 0 Å². The van der Waals surface area contributed by atoms with Gasteiger partial charge in [0.05, 0.1) is 0 Å². The molecule has 0 heterocycles. The van der Waals surface area contributed by atoms with Crippen molar-refractivity contribution in [2.45, 2.75) is 33.6 Å². The predicted molar refractivity (Wildman–Crippen MR) is 77.7 cm³/mol. The zero-order chi connectivity index (χ0) is 13.1. The van der Waals surface area contributed by atoms with E-state index in [1.54, 1.807) is 0 Å². The summed E-state index contributed by atoms with van der Waals surface area (Å²) >= 11 is 0. The summed E-state index contributed by atoms with van der Waals surface area (Å²) in [5.74, 6) is 0. The third kappa shape index (κ3) is 9.57. The highest BCUT2D eigenvalue weighted by Gasteiger charge is 2.02. The van der Waals surface area contributed by atoms with E-state index in [4.69, 9.17) is 0 Å². The van der Waals surface area contributed by atoms with Gasteiger partial charge in [0.2, 0.25) is 0 Å². The molecule has 0 aromatic heterocycles. The minimum atomic E-state index is 1.16. The molecule has 0 aliphatic heterocycles. The van der Waals surface area contributed by atoms with E-state index in [-0.39, 0.29) is 0 Å². The van der Waals surface area contributed by atoms with Crippen molar-refractivity contribution in [3.05, 3.63) is 0 Å². The fraction of sp³-hybridized carbons (Fsp3) is 1.00. The maximum Gasteiger partial charge on any atom is -0.000678 e. The van der Waals surface area contributed by atoms with Crippen molar-refractivity contribution in [2.24, 2.45) is 0 Å². The fourth-order valence-corrected chi connectivity index (χ4v) is 1.98. The molecule has 0 rings (SSSR count). The number of nitrogens with zero attached hydrogens (tertiary/aromatic N) is 3. The molecule has 3 heteroatoms. The highest BCUT2D eigenvalue weighted by molar-refractivity contribution is 4.58. The molecule has 0 aromatic carbocycles. The molecule has 0 unspecified atom stereocenters. The third-order valence-corrected chi connectivity index (χ3v) is 3.53. The molecule has 17 heavy (non-hydrogen) atoms. The molecule has 0 atom stereocenters. The van der Waals surface area contributed by atoms with Gasteiger partial charge in [-0.25, -0.2) is 0 Å². The summed E-state index contributed by atoms with van der Waals surface area (Å²) in [6.45, 7) is 15.1. The van der Waals surface area contributed by atoms with E-state index in [0.717, 1.165) is 6.54 Å². The smallest absolute Gasteiger partial charge is 0.000678 e. The lowest BCUT2D eigenvalue weighted by molar-refractivity contribution is 0.251. The van der Waals surface area contributed by atoms with Gasteiger partial charge in [0.25, 0.3) is 0 Å². The molecule has 0 spiro atoms. The first-order chi connectivity index (χ1) is 8.13. The Morgan fingerprint density at radius 1 is 0.588 bits per heavy atom. The molecule has 0 N–H and O–H groups in total. The van der Waals surface area contributed by atoms with Crippen molar-refractivity contribution in [1.29, 1.82) is 0 Å². The average molecular weight is 243 g/mol. The third-order valence-electron chi connectivity index (χ3n) is 3.53. The van der Waals surface area contributed by atoms with Gasteiger partial charge in [0, 0.05) is 0 Å². The van der Waals surface area contributed by atoms with Gasteiger partial charge in [-0.05, 0) is 72.8 Å². The van der Waals surface area contributed by atoms with E-state index in [0.29, 0.717) is 0 Å². The molecule has 0 aromatic rings. The SMILES string of the molecule is CCN(C)CCCN(C)CCCN(CC)CC. The molecular weight excluding hydrogens is 210 g/mol. The van der Waals surface area contributed by atoms with Crippen LogP contribution in [-0.4, -0.2) is 74.6 Å². The van der Waals surface area contributed by atoms with Gasteiger partial charge in [0.1, 0.15) is 0 Å². The van der Waals surface area contributed by atoms with Gasteiger partial charge >= 0.3 is 0 Å². The maximum absolute atomic E-state index is 2.50. The van der Waals surface area contributed by atoms with Crippen LogP contribution in [0.5, 0.6) is 0 Å². The molecule has 0 fully saturated rings. The van der Waals surface area contributed by atoms with E-state index < -0.39 is 0 Å². The molecule has 0 aliphatic rings. The Morgan fingerprint density at radius 2 is 1.06 bits per heavy atom. The Labute approximate surface area is 109 Å². The number of hydrogen-bond donors (Lipinski definition) is 0. The quantitative estimate of drug-likeness (QED) is 0.549. The second-order valence-electron chi connectivity index (χ2n) is 4.93. The van der Waals surface area contributed by atoms with Gasteiger partial charge in [-0.2, -0.15) is 0 Å². The summed E-state index contributed by atoms with van der Waals surface area (Å²) in [5, 5.41) is 0. The first-order valence-corrected chi connectivity index (χ1v) is 7.23. The van der Waals surface area contributed by atoms with Crippen molar-refractivity contribution < 1.29 is 0 Å². The normalized spacial score (nSPS) is 12.0. The molecule has 0 bridgehead atoms.